The molecule has 16 heavy (non-hydrogen) atoms. The quantitative estimate of drug-likeness (QED) is 0.726. The van der Waals surface area contributed by atoms with Crippen LogP contribution >= 0.6 is 0 Å². The summed E-state index contributed by atoms with van der Waals surface area (Å²) < 4.78 is 5.22. The third-order valence-corrected chi connectivity index (χ3v) is 2.62. The van der Waals surface area contributed by atoms with Crippen LogP contribution < -0.4 is 0 Å². The molecule has 1 aliphatic rings. The molecule has 2 rings (SSSR count). The van der Waals surface area contributed by atoms with Crippen LogP contribution in [-0.4, -0.2) is 31.3 Å². The molecular formula is C11H14BNO3. The Balaban J connectivity index is 1.84. The van der Waals surface area contributed by atoms with Crippen molar-refractivity contribution in [1.82, 2.24) is 4.97 Å². The molecule has 0 amide bonds. The van der Waals surface area contributed by atoms with Gasteiger partial charge < -0.3 is 9.57 Å². The predicted octanol–water partition coefficient (Wildman–Crippen LogP) is 1.77. The van der Waals surface area contributed by atoms with E-state index < -0.39 is 0 Å². The molecule has 1 aromatic carbocycles. The maximum atomic E-state index is 11.7. The number of hydrogen-bond donors (Lipinski definition) is 0. The van der Waals surface area contributed by atoms with Gasteiger partial charge in [0, 0.05) is 7.05 Å². The van der Waals surface area contributed by atoms with Crippen molar-refractivity contribution in [3.05, 3.63) is 35.9 Å². The topological polar surface area (TPSA) is 38.8 Å². The summed E-state index contributed by atoms with van der Waals surface area (Å²) in [5, 5.41) is 0. The third kappa shape index (κ3) is 2.62. The van der Waals surface area contributed by atoms with Crippen molar-refractivity contribution < 1.29 is 14.4 Å². The molecular weight excluding hydrogens is 205 g/mol. The van der Waals surface area contributed by atoms with Crippen LogP contribution in [-0.2, 0) is 16.2 Å². The van der Waals surface area contributed by atoms with E-state index in [1.807, 2.05) is 30.3 Å². The van der Waals surface area contributed by atoms with Gasteiger partial charge in [0.1, 0.15) is 6.61 Å². The molecule has 1 heterocycles. The van der Waals surface area contributed by atoms with Gasteiger partial charge in [0.15, 0.2) is 0 Å². The molecule has 0 bridgehead atoms. The fourth-order valence-electron chi connectivity index (χ4n) is 1.67. The second-order valence-corrected chi connectivity index (χ2v) is 3.78. The Morgan fingerprint density at radius 2 is 2.25 bits per heavy atom. The molecule has 0 saturated carbocycles. The number of hydroxylamine groups is 1. The molecule has 0 atom stereocenters. The van der Waals surface area contributed by atoms with Gasteiger partial charge in [-0.3, -0.25) is 4.79 Å². The number of carbonyl (C=O) groups is 1. The minimum Gasteiger partial charge on any atom is -0.467 e. The number of nitrogens with zero attached hydrogens (tertiary/aromatic N) is 1. The monoisotopic (exact) mass is 219 g/mol. The summed E-state index contributed by atoms with van der Waals surface area (Å²) in [6.45, 7) is 0.648. The lowest BCUT2D eigenvalue weighted by Gasteiger charge is -2.13. The van der Waals surface area contributed by atoms with Gasteiger partial charge in [-0.05, 0) is 11.9 Å². The Kier molecular flexibility index (Phi) is 3.59. The summed E-state index contributed by atoms with van der Waals surface area (Å²) in [5.41, 5.74) is 0.998. The van der Waals surface area contributed by atoms with Gasteiger partial charge >= 0.3 is 6.85 Å². The third-order valence-electron chi connectivity index (χ3n) is 2.62. The van der Waals surface area contributed by atoms with Gasteiger partial charge in [-0.2, -0.15) is 0 Å². The molecule has 0 spiro atoms. The van der Waals surface area contributed by atoms with Crippen molar-refractivity contribution >= 4 is 12.7 Å². The van der Waals surface area contributed by atoms with Gasteiger partial charge in [0.05, 0.1) is 6.61 Å². The zero-order valence-corrected chi connectivity index (χ0v) is 9.26. The first-order valence-corrected chi connectivity index (χ1v) is 5.33. The summed E-state index contributed by atoms with van der Waals surface area (Å²) in [6.07, 6.45) is 0.699. The number of ether oxygens (including phenoxy) is 1. The van der Waals surface area contributed by atoms with E-state index in [0.29, 0.717) is 19.5 Å². The Hall–Kier alpha value is -1.33. The summed E-state index contributed by atoms with van der Waals surface area (Å²) in [7, 11) is 1.75. The van der Waals surface area contributed by atoms with Crippen LogP contribution in [0.15, 0.2) is 30.3 Å². The van der Waals surface area contributed by atoms with Crippen LogP contribution in [0.25, 0.3) is 0 Å². The molecule has 5 heteroatoms. The van der Waals surface area contributed by atoms with Crippen LogP contribution in [0.3, 0.4) is 0 Å². The lowest BCUT2D eigenvalue weighted by Crippen LogP contribution is -2.37. The minimum atomic E-state index is -0.260. The molecule has 1 saturated heterocycles. The Morgan fingerprint density at radius 1 is 1.50 bits per heavy atom. The van der Waals surface area contributed by atoms with Crippen molar-refractivity contribution in [2.24, 2.45) is 0 Å². The molecule has 0 radical (unpaired) electrons. The smallest absolute Gasteiger partial charge is 0.387 e. The van der Waals surface area contributed by atoms with Crippen molar-refractivity contribution in [2.45, 2.75) is 12.9 Å². The summed E-state index contributed by atoms with van der Waals surface area (Å²) in [6, 6.07) is 9.65. The van der Waals surface area contributed by atoms with Crippen LogP contribution in [0.4, 0.5) is 4.79 Å². The van der Waals surface area contributed by atoms with E-state index in [1.54, 1.807) is 12.0 Å². The molecule has 1 aliphatic heterocycles. The van der Waals surface area contributed by atoms with Crippen molar-refractivity contribution in [3.63, 3.8) is 0 Å². The minimum absolute atomic E-state index is 0.219. The summed E-state index contributed by atoms with van der Waals surface area (Å²) >= 11 is 0. The van der Waals surface area contributed by atoms with Crippen LogP contribution in [0.5, 0.6) is 0 Å². The Bertz CT molecular complexity index is 358. The first-order valence-electron chi connectivity index (χ1n) is 5.33. The first kappa shape index (κ1) is 11.2. The fourth-order valence-corrected chi connectivity index (χ4v) is 1.67. The maximum Gasteiger partial charge on any atom is 0.387 e. The second kappa shape index (κ2) is 5.14. The molecule has 1 aromatic rings. The van der Waals surface area contributed by atoms with Crippen molar-refractivity contribution in [3.8, 4) is 0 Å². The number of hydrogen-bond acceptors (Lipinski definition) is 4. The highest BCUT2D eigenvalue weighted by molar-refractivity contribution is 6.86. The lowest BCUT2D eigenvalue weighted by molar-refractivity contribution is -0.0416. The molecule has 0 N–H and O–H groups in total. The van der Waals surface area contributed by atoms with Crippen molar-refractivity contribution in [2.75, 3.05) is 13.7 Å². The normalized spacial score (nSPS) is 16.4. The van der Waals surface area contributed by atoms with E-state index in [0.717, 1.165) is 5.56 Å². The average Bonchev–Trinajstić information content (AvgIpc) is 2.74. The molecule has 0 aromatic heterocycles. The Labute approximate surface area is 95.2 Å². The highest BCUT2D eigenvalue weighted by Crippen LogP contribution is 2.12. The van der Waals surface area contributed by atoms with Gasteiger partial charge in [0.2, 0.25) is 0 Å². The Morgan fingerprint density at radius 3 is 2.88 bits per heavy atom. The van der Waals surface area contributed by atoms with E-state index in [4.69, 9.17) is 9.57 Å². The first-order chi connectivity index (χ1) is 7.77. The van der Waals surface area contributed by atoms with Gasteiger partial charge in [-0.1, -0.05) is 30.3 Å². The average molecular weight is 219 g/mol. The largest absolute Gasteiger partial charge is 0.467 e. The molecule has 84 valence electrons. The van der Waals surface area contributed by atoms with E-state index in [1.165, 1.54) is 0 Å². The SMILES string of the molecule is CN1OCCB1C(=O)OCc1ccccc1. The van der Waals surface area contributed by atoms with E-state index in [-0.39, 0.29) is 12.7 Å². The van der Waals surface area contributed by atoms with E-state index >= 15 is 0 Å². The summed E-state index contributed by atoms with van der Waals surface area (Å²) in [5.74, 6) is -0.219. The van der Waals surface area contributed by atoms with E-state index in [9.17, 15) is 4.79 Å². The maximum absolute atomic E-state index is 11.7. The van der Waals surface area contributed by atoms with Crippen molar-refractivity contribution in [1.29, 1.82) is 0 Å². The van der Waals surface area contributed by atoms with Gasteiger partial charge in [-0.15, -0.1) is 0 Å². The van der Waals surface area contributed by atoms with Crippen LogP contribution in [0, 0.1) is 0 Å². The van der Waals surface area contributed by atoms with E-state index in [2.05, 4.69) is 0 Å². The second-order valence-electron chi connectivity index (χ2n) is 3.78. The highest BCUT2D eigenvalue weighted by Gasteiger charge is 2.36. The number of rotatable bonds is 3. The molecule has 0 aliphatic carbocycles. The van der Waals surface area contributed by atoms with Gasteiger partial charge in [-0.25, -0.2) is 4.97 Å². The number of benzene rings is 1. The zero-order chi connectivity index (χ0) is 11.4. The number of carbonyl (C=O) groups excluding carboxylic acids is 1. The zero-order valence-electron chi connectivity index (χ0n) is 9.26. The fraction of sp³-hybridized carbons (Fsp3) is 0.364. The van der Waals surface area contributed by atoms with Gasteiger partial charge in [0.25, 0.3) is 5.87 Å². The summed E-state index contributed by atoms with van der Waals surface area (Å²) in [4.78, 5) is 18.4. The molecule has 0 unspecified atom stereocenters. The van der Waals surface area contributed by atoms with Crippen LogP contribution in [0.1, 0.15) is 5.56 Å². The molecule has 1 fully saturated rings. The lowest BCUT2D eigenvalue weighted by atomic mass is 9.60. The molecule has 4 nitrogen and oxygen atoms in total. The highest BCUT2D eigenvalue weighted by atomic mass is 16.7. The standard InChI is InChI=1S/C11H14BNO3/c1-13-12(7-8-16-13)11(14)15-9-10-5-3-2-4-6-10/h2-6H,7-9H2,1H3. The predicted molar refractivity (Wildman–Crippen MR) is 60.9 cm³/mol. The van der Waals surface area contributed by atoms with Crippen LogP contribution in [0.2, 0.25) is 6.32 Å².